The minimum Gasteiger partial charge on any atom is -0.480 e. The third-order valence-corrected chi connectivity index (χ3v) is 15.8. The number of fused-ring (bicyclic) bond motifs is 2. The van der Waals surface area contributed by atoms with Gasteiger partial charge < -0.3 is 94.0 Å². The van der Waals surface area contributed by atoms with Crippen LogP contribution >= 0.6 is 0 Å². The lowest BCUT2D eigenvalue weighted by Gasteiger charge is -2.31. The molecular weight excluding hydrogens is 1160 g/mol. The van der Waals surface area contributed by atoms with Crippen molar-refractivity contribution in [2.24, 2.45) is 11.5 Å². The predicted octanol–water partition coefficient (Wildman–Crippen LogP) is -3.52. The quantitative estimate of drug-likeness (QED) is 0.0212. The molecule has 10 amide bonds. The Bertz CT molecular complexity index is 3370. The van der Waals surface area contributed by atoms with Crippen LogP contribution in [0.1, 0.15) is 69.1 Å². The fraction of sp³-hybridized carbons (Fsp3) is 0.450. The summed E-state index contributed by atoms with van der Waals surface area (Å²) in [6.45, 7) is 0.286. The maximum absolute atomic E-state index is 14.6. The highest BCUT2D eigenvalue weighted by Crippen LogP contribution is 2.24. The molecule has 2 aliphatic rings. The molecule has 0 radical (unpaired) electrons. The third-order valence-electron chi connectivity index (χ3n) is 15.8. The number of carboxylic acid groups (broad SMARTS) is 1. The third kappa shape index (κ3) is 17.3. The summed E-state index contributed by atoms with van der Waals surface area (Å²) in [5.74, 6) is -10.9. The normalized spacial score (nSPS) is 18.2. The topological polar surface area (TPSA) is 463 Å². The van der Waals surface area contributed by atoms with Gasteiger partial charge in [-0.3, -0.25) is 47.9 Å². The summed E-state index contributed by atoms with van der Waals surface area (Å²) in [4.78, 5) is 159. The van der Waals surface area contributed by atoms with Crippen molar-refractivity contribution in [3.8, 4) is 0 Å². The van der Waals surface area contributed by atoms with Gasteiger partial charge in [-0.05, 0) is 81.2 Å². The summed E-state index contributed by atoms with van der Waals surface area (Å²) in [6.07, 6.45) is -0.416. The number of aliphatic hydroxyl groups is 4. The highest BCUT2D eigenvalue weighted by molar-refractivity contribution is 6.00. The van der Waals surface area contributed by atoms with Gasteiger partial charge in [0.25, 0.3) is 0 Å². The van der Waals surface area contributed by atoms with E-state index in [9.17, 15) is 78.3 Å². The molecule has 2 aromatic heterocycles. The van der Waals surface area contributed by atoms with Crippen molar-refractivity contribution in [3.63, 3.8) is 0 Å². The second kappa shape index (κ2) is 31.1. The summed E-state index contributed by atoms with van der Waals surface area (Å²) in [5, 5.41) is 71.1. The largest absolute Gasteiger partial charge is 0.480 e. The summed E-state index contributed by atoms with van der Waals surface area (Å²) >= 11 is 0. The molecule has 2 aliphatic heterocycles. The fourth-order valence-corrected chi connectivity index (χ4v) is 11.0. The number of primary amides is 1. The van der Waals surface area contributed by atoms with Crippen LogP contribution in [-0.2, 0) is 72.0 Å². The molecule has 2 saturated heterocycles. The molecule has 12 atom stereocenters. The fourth-order valence-electron chi connectivity index (χ4n) is 11.0. The first kappa shape index (κ1) is 67.2. The van der Waals surface area contributed by atoms with Crippen molar-refractivity contribution in [2.75, 3.05) is 26.3 Å². The minimum absolute atomic E-state index is 0.0268. The Morgan fingerprint density at radius 2 is 0.978 bits per heavy atom. The number of carboxylic acids is 1. The molecule has 18 N–H and O–H groups in total. The van der Waals surface area contributed by atoms with Crippen LogP contribution in [0.15, 0.2) is 91.3 Å². The van der Waals surface area contributed by atoms with Gasteiger partial charge in [-0.1, -0.05) is 66.7 Å². The number of nitrogens with two attached hydrogens (primary N) is 2. The molecule has 0 bridgehead atoms. The van der Waals surface area contributed by atoms with Crippen LogP contribution < -0.4 is 48.7 Å². The van der Waals surface area contributed by atoms with Gasteiger partial charge in [0, 0.05) is 66.6 Å². The predicted molar refractivity (Wildman–Crippen MR) is 319 cm³/mol. The van der Waals surface area contributed by atoms with E-state index in [0.717, 1.165) is 15.4 Å². The number of rotatable bonds is 30. The Kier molecular flexibility index (Phi) is 23.5. The van der Waals surface area contributed by atoms with Gasteiger partial charge in [0.05, 0.1) is 31.5 Å². The number of H-pyrrole nitrogens is 2. The molecule has 3 aromatic carbocycles. The van der Waals surface area contributed by atoms with Crippen molar-refractivity contribution < 1.29 is 78.3 Å². The highest BCUT2D eigenvalue weighted by Gasteiger charge is 2.42. The Hall–Kier alpha value is -9.29. The highest BCUT2D eigenvalue weighted by atomic mass is 16.4. The number of nitrogens with one attached hydrogen (secondary N) is 9. The number of aliphatic hydroxyl groups excluding tert-OH is 4. The zero-order chi connectivity index (χ0) is 64.6. The van der Waals surface area contributed by atoms with Gasteiger partial charge in [0.1, 0.15) is 54.4 Å². The number of amides is 10. The number of benzene rings is 3. The second-order valence-corrected chi connectivity index (χ2v) is 22.3. The smallest absolute Gasteiger partial charge is 0.326 e. The first-order valence-corrected chi connectivity index (χ1v) is 29.2. The number of carbonyl (C=O) groups is 11. The van der Waals surface area contributed by atoms with E-state index in [-0.39, 0.29) is 58.0 Å². The molecule has 29 nitrogen and oxygen atoms in total. The van der Waals surface area contributed by atoms with Gasteiger partial charge in [-0.15, -0.1) is 0 Å². The maximum atomic E-state index is 14.6. The van der Waals surface area contributed by atoms with Crippen LogP contribution in [0.2, 0.25) is 0 Å². The van der Waals surface area contributed by atoms with Crippen LogP contribution in [0.4, 0.5) is 0 Å². The Morgan fingerprint density at radius 3 is 1.51 bits per heavy atom. The number of hydrogen-bond acceptors (Lipinski definition) is 16. The number of nitrogens with zero attached hydrogens (tertiary/aromatic N) is 2. The molecule has 29 heteroatoms. The SMILES string of the molecule is C[C@@H](O)[C@H](NC(=O)[C@@H](NC(=O)[C@@H](N)Cc1ccccc1)[C@@H](C)O)C(=O)N[C@@H](Cc1c[nH]c2ccccc12)C(=O)N[C@@H](CO)C(=O)N1CCC[C@H]1C(=O)N[C@@H](Cc1c[nH]c2ccccc12)C(=O)N[C@@H](CO)C(=O)N[C@@H](CCC(N)=O)C(=O)N1CCC[C@H]1C(=O)O. The van der Waals surface area contributed by atoms with E-state index in [1.165, 1.54) is 13.8 Å². The number of aromatic nitrogens is 2. The van der Waals surface area contributed by atoms with E-state index >= 15 is 0 Å². The van der Waals surface area contributed by atoms with E-state index in [0.29, 0.717) is 39.4 Å². The van der Waals surface area contributed by atoms with Gasteiger partial charge in [0.2, 0.25) is 59.1 Å². The molecule has 4 heterocycles. The number of aliphatic carboxylic acids is 1. The number of likely N-dealkylation sites (tertiary alicyclic amines) is 2. The molecule has 89 heavy (non-hydrogen) atoms. The standard InChI is InChI=1S/C60H77N13O16/c1-31(76)49(71-57(85)50(32(2)77)70-51(79)38(61)24-33-12-4-3-5-13-33)56(84)67-43(26-35-28-64-40-17-9-7-15-37(35)40)53(81)69-45(30-75)59(87)72-22-10-18-46(72)55(83)66-42(25-34-27-63-39-16-8-6-14-36(34)39)52(80)68-44(29-74)54(82)65-41(20-21-48(62)78)58(86)73-23-11-19-47(73)60(88)89/h3-9,12-17,27-28,31-32,38,41-47,49-50,63-64,74-77H,10-11,18-26,29-30,61H2,1-2H3,(H2,62,78)(H,65,82)(H,66,83)(H,67,84)(H,68,80)(H,69,81)(H,70,79)(H,71,85)(H,88,89)/t31-,32-,38+,41+,42+,43+,44+,45+,46+,47+,49+,50+/m1/s1. The van der Waals surface area contributed by atoms with E-state index in [4.69, 9.17) is 11.5 Å². The van der Waals surface area contributed by atoms with Gasteiger partial charge in [-0.25, -0.2) is 4.79 Å². The second-order valence-electron chi connectivity index (χ2n) is 22.3. The molecule has 7 rings (SSSR count). The lowest BCUT2D eigenvalue weighted by molar-refractivity contribution is -0.149. The molecule has 478 valence electrons. The summed E-state index contributed by atoms with van der Waals surface area (Å²) < 4.78 is 0. The summed E-state index contributed by atoms with van der Waals surface area (Å²) in [7, 11) is 0. The molecule has 2 fully saturated rings. The first-order chi connectivity index (χ1) is 42.5. The first-order valence-electron chi connectivity index (χ1n) is 29.2. The van der Waals surface area contributed by atoms with Crippen molar-refractivity contribution in [1.29, 1.82) is 0 Å². The van der Waals surface area contributed by atoms with Gasteiger partial charge in [-0.2, -0.15) is 0 Å². The van der Waals surface area contributed by atoms with Crippen molar-refractivity contribution in [1.82, 2.24) is 57.0 Å². The number of carbonyl (C=O) groups excluding carboxylic acids is 10. The molecule has 0 spiro atoms. The summed E-state index contributed by atoms with van der Waals surface area (Å²) in [6, 6.07) is 7.46. The van der Waals surface area contributed by atoms with E-state index in [2.05, 4.69) is 47.2 Å². The number of para-hydroxylation sites is 2. The number of aromatic amines is 2. The van der Waals surface area contributed by atoms with Gasteiger partial charge >= 0.3 is 5.97 Å². The van der Waals surface area contributed by atoms with Crippen molar-refractivity contribution >= 4 is 86.8 Å². The van der Waals surface area contributed by atoms with Crippen LogP contribution in [0.5, 0.6) is 0 Å². The molecular formula is C60H77N13O16. The molecule has 0 aliphatic carbocycles. The van der Waals surface area contributed by atoms with Crippen LogP contribution in [0, 0.1) is 0 Å². The van der Waals surface area contributed by atoms with Crippen LogP contribution in [0.3, 0.4) is 0 Å². The molecule has 0 unspecified atom stereocenters. The Balaban J connectivity index is 1.07. The lowest BCUT2D eigenvalue weighted by atomic mass is 10.0. The average Bonchev–Trinajstić information content (AvgIpc) is 2.02. The van der Waals surface area contributed by atoms with Crippen molar-refractivity contribution in [3.05, 3.63) is 108 Å². The molecule has 0 saturated carbocycles. The monoisotopic (exact) mass is 1240 g/mol. The van der Waals surface area contributed by atoms with Gasteiger partial charge in [0.15, 0.2) is 0 Å². The number of hydrogen-bond donors (Lipinski definition) is 16. The average molecular weight is 1240 g/mol. The Labute approximate surface area is 510 Å². The van der Waals surface area contributed by atoms with Crippen molar-refractivity contribution in [2.45, 2.75) is 144 Å². The van der Waals surface area contributed by atoms with Crippen LogP contribution in [0.25, 0.3) is 21.8 Å². The van der Waals surface area contributed by atoms with E-state index < -0.39 is 157 Å². The summed E-state index contributed by atoms with van der Waals surface area (Å²) in [5.41, 5.74) is 14.6. The molecule has 5 aromatic rings. The van der Waals surface area contributed by atoms with E-state index in [1.54, 1.807) is 91.3 Å². The Morgan fingerprint density at radius 1 is 0.539 bits per heavy atom. The van der Waals surface area contributed by atoms with E-state index in [1.807, 2.05) is 0 Å². The minimum atomic E-state index is -1.82. The zero-order valence-corrected chi connectivity index (χ0v) is 49.1. The lowest BCUT2D eigenvalue weighted by Crippen LogP contribution is -2.63. The zero-order valence-electron chi connectivity index (χ0n) is 49.1. The maximum Gasteiger partial charge on any atom is 0.326 e. The van der Waals surface area contributed by atoms with Crippen LogP contribution in [-0.4, -0.2) is 209 Å².